The maximum absolute atomic E-state index is 13.1. The van der Waals surface area contributed by atoms with Gasteiger partial charge in [0.25, 0.3) is 17.4 Å². The van der Waals surface area contributed by atoms with Gasteiger partial charge < -0.3 is 20.5 Å². The first-order chi connectivity index (χ1) is 18.3. The number of fused-ring (bicyclic) bond motifs is 1. The molecule has 9 nitrogen and oxygen atoms in total. The van der Waals surface area contributed by atoms with Gasteiger partial charge in [0, 0.05) is 66.2 Å². The molecule has 4 aromatic rings. The third-order valence-electron chi connectivity index (χ3n) is 6.81. The molecule has 0 aliphatic carbocycles. The number of carbonyl (C=O) groups excluding carboxylic acids is 3. The highest BCUT2D eigenvalue weighted by atomic mass is 35.5. The number of pyridine rings is 1. The zero-order chi connectivity index (χ0) is 26.8. The number of hydrogen-bond donors (Lipinski definition) is 3. The molecule has 0 bridgehead atoms. The lowest BCUT2D eigenvalue weighted by Crippen LogP contribution is -2.61. The van der Waals surface area contributed by atoms with E-state index in [2.05, 4.69) is 15.6 Å². The van der Waals surface area contributed by atoms with Gasteiger partial charge in [-0.3, -0.25) is 23.7 Å². The number of amides is 3. The molecule has 38 heavy (non-hydrogen) atoms. The van der Waals surface area contributed by atoms with Crippen LogP contribution in [0, 0.1) is 0 Å². The van der Waals surface area contributed by atoms with Crippen LogP contribution in [-0.4, -0.2) is 57.3 Å². The number of carbonyl (C=O) groups is 3. The molecule has 3 amide bonds. The summed E-state index contributed by atoms with van der Waals surface area (Å²) in [7, 11) is 0. The van der Waals surface area contributed by atoms with Crippen molar-refractivity contribution in [3.63, 3.8) is 0 Å². The molecule has 1 saturated heterocycles. The van der Waals surface area contributed by atoms with E-state index in [0.717, 1.165) is 10.9 Å². The lowest BCUT2D eigenvalue weighted by atomic mass is 9.97. The molecule has 3 N–H and O–H groups in total. The van der Waals surface area contributed by atoms with Gasteiger partial charge >= 0.3 is 0 Å². The fourth-order valence-corrected chi connectivity index (χ4v) is 4.93. The highest BCUT2D eigenvalue weighted by molar-refractivity contribution is 6.35. The summed E-state index contributed by atoms with van der Waals surface area (Å²) >= 11 is 6.14. The normalized spacial score (nSPS) is 17.3. The first-order valence-electron chi connectivity index (χ1n) is 12.2. The summed E-state index contributed by atoms with van der Waals surface area (Å²) in [5, 5.41) is 7.43. The molecule has 2 atom stereocenters. The van der Waals surface area contributed by atoms with E-state index >= 15 is 0 Å². The maximum Gasteiger partial charge on any atom is 0.255 e. The van der Waals surface area contributed by atoms with Gasteiger partial charge in [-0.15, -0.1) is 0 Å². The van der Waals surface area contributed by atoms with Crippen LogP contribution in [0.15, 0.2) is 77.9 Å². The minimum absolute atomic E-state index is 0.0965. The van der Waals surface area contributed by atoms with Crippen LogP contribution in [-0.2, 0) is 4.79 Å². The summed E-state index contributed by atoms with van der Waals surface area (Å²) in [6.07, 6.45) is 3.82. The molecule has 0 saturated carbocycles. The van der Waals surface area contributed by atoms with E-state index in [0.29, 0.717) is 34.8 Å². The quantitative estimate of drug-likeness (QED) is 0.367. The Morgan fingerprint density at radius 3 is 2.39 bits per heavy atom. The Morgan fingerprint density at radius 1 is 0.947 bits per heavy atom. The lowest BCUT2D eigenvalue weighted by Gasteiger charge is -2.39. The van der Waals surface area contributed by atoms with Gasteiger partial charge in [0.1, 0.15) is 0 Å². The Balaban J connectivity index is 1.32. The van der Waals surface area contributed by atoms with Crippen molar-refractivity contribution >= 4 is 40.2 Å². The zero-order valence-corrected chi connectivity index (χ0v) is 21.4. The molecular formula is C28H26ClN5O4. The minimum Gasteiger partial charge on any atom is -0.360 e. The standard InChI is InChI=1S/C28H26ClN5O4/c1-17(35)33-13-11-23(31-28(38)19-7-10-21-22(29)15-30-24(21)14-19)25(16-33)32-27(37)18-5-8-20(9-6-18)34-12-3-2-4-26(34)36/h2-10,12,14-15,23,25,30H,11,13,16H2,1H3,(H,31,38)(H,32,37). The predicted octanol–water partition coefficient (Wildman–Crippen LogP) is 3.12. The first kappa shape index (κ1) is 25.3. The number of halogens is 1. The van der Waals surface area contributed by atoms with E-state index in [1.165, 1.54) is 17.6 Å². The lowest BCUT2D eigenvalue weighted by molar-refractivity contribution is -0.130. The van der Waals surface area contributed by atoms with Crippen molar-refractivity contribution in [2.24, 2.45) is 0 Å². The minimum atomic E-state index is -0.496. The molecule has 5 rings (SSSR count). The molecule has 2 aromatic carbocycles. The summed E-state index contributed by atoms with van der Waals surface area (Å²) in [5.74, 6) is -0.717. The van der Waals surface area contributed by atoms with E-state index in [1.54, 1.807) is 71.9 Å². The molecule has 1 aliphatic heterocycles. The third-order valence-corrected chi connectivity index (χ3v) is 7.13. The van der Waals surface area contributed by atoms with Crippen molar-refractivity contribution in [2.45, 2.75) is 25.4 Å². The van der Waals surface area contributed by atoms with Crippen LogP contribution in [0.1, 0.15) is 34.1 Å². The Kier molecular flexibility index (Phi) is 7.02. The Morgan fingerprint density at radius 2 is 1.66 bits per heavy atom. The molecule has 0 radical (unpaired) electrons. The summed E-state index contributed by atoms with van der Waals surface area (Å²) in [5.41, 5.74) is 2.07. The zero-order valence-electron chi connectivity index (χ0n) is 20.6. The van der Waals surface area contributed by atoms with Crippen molar-refractivity contribution in [3.8, 4) is 5.69 Å². The number of rotatable bonds is 5. The fourth-order valence-electron chi connectivity index (χ4n) is 4.71. The largest absolute Gasteiger partial charge is 0.360 e. The van der Waals surface area contributed by atoms with Crippen molar-refractivity contribution < 1.29 is 14.4 Å². The smallest absolute Gasteiger partial charge is 0.255 e. The first-order valence-corrected chi connectivity index (χ1v) is 12.6. The van der Waals surface area contributed by atoms with Crippen LogP contribution in [0.4, 0.5) is 0 Å². The Labute approximate surface area is 223 Å². The van der Waals surface area contributed by atoms with E-state index < -0.39 is 6.04 Å². The maximum atomic E-state index is 13.1. The van der Waals surface area contributed by atoms with Gasteiger partial charge in [0.15, 0.2) is 0 Å². The third kappa shape index (κ3) is 5.19. The second-order valence-corrected chi connectivity index (χ2v) is 9.67. The average Bonchev–Trinajstić information content (AvgIpc) is 3.29. The van der Waals surface area contributed by atoms with E-state index in [4.69, 9.17) is 11.6 Å². The average molecular weight is 532 g/mol. The molecule has 10 heteroatoms. The number of nitrogens with zero attached hydrogens (tertiary/aromatic N) is 2. The second-order valence-electron chi connectivity index (χ2n) is 9.27. The highest BCUT2D eigenvalue weighted by Crippen LogP contribution is 2.24. The molecule has 3 heterocycles. The van der Waals surface area contributed by atoms with Crippen LogP contribution < -0.4 is 16.2 Å². The van der Waals surface area contributed by atoms with Crippen molar-refractivity contribution in [1.82, 2.24) is 25.1 Å². The van der Waals surface area contributed by atoms with Gasteiger partial charge in [0.2, 0.25) is 5.91 Å². The summed E-state index contributed by atoms with van der Waals surface area (Å²) in [6, 6.07) is 15.9. The molecular weight excluding hydrogens is 506 g/mol. The highest BCUT2D eigenvalue weighted by Gasteiger charge is 2.33. The van der Waals surface area contributed by atoms with E-state index in [1.807, 2.05) is 0 Å². The molecule has 1 fully saturated rings. The van der Waals surface area contributed by atoms with Crippen molar-refractivity contribution in [2.75, 3.05) is 13.1 Å². The molecule has 2 unspecified atom stereocenters. The second kappa shape index (κ2) is 10.5. The van der Waals surface area contributed by atoms with Crippen LogP contribution in [0.25, 0.3) is 16.6 Å². The molecule has 0 spiro atoms. The van der Waals surface area contributed by atoms with Gasteiger partial charge in [-0.25, -0.2) is 0 Å². The van der Waals surface area contributed by atoms with Crippen molar-refractivity contribution in [1.29, 1.82) is 0 Å². The SMILES string of the molecule is CC(=O)N1CCC(NC(=O)c2ccc3c(Cl)c[nH]c3c2)C(NC(=O)c2ccc(-n3ccccc3=O)cc2)C1. The van der Waals surface area contributed by atoms with Gasteiger partial charge in [-0.1, -0.05) is 23.7 Å². The van der Waals surface area contributed by atoms with E-state index in [-0.39, 0.29) is 35.9 Å². The van der Waals surface area contributed by atoms with Gasteiger partial charge in [-0.05, 0) is 48.9 Å². The van der Waals surface area contributed by atoms with Crippen LogP contribution in [0.3, 0.4) is 0 Å². The van der Waals surface area contributed by atoms with Gasteiger partial charge in [-0.2, -0.15) is 0 Å². The monoisotopic (exact) mass is 531 g/mol. The van der Waals surface area contributed by atoms with Crippen molar-refractivity contribution in [3.05, 3.63) is 99.6 Å². The van der Waals surface area contributed by atoms with E-state index in [9.17, 15) is 19.2 Å². The van der Waals surface area contributed by atoms with Crippen LogP contribution >= 0.6 is 11.6 Å². The predicted molar refractivity (Wildman–Crippen MR) is 145 cm³/mol. The summed E-state index contributed by atoms with van der Waals surface area (Å²) in [4.78, 5) is 55.1. The summed E-state index contributed by atoms with van der Waals surface area (Å²) in [6.45, 7) is 2.23. The number of nitrogens with one attached hydrogen (secondary N) is 3. The summed E-state index contributed by atoms with van der Waals surface area (Å²) < 4.78 is 1.48. The number of hydrogen-bond acceptors (Lipinski definition) is 4. The molecule has 1 aliphatic rings. The Bertz CT molecular complexity index is 1580. The fraction of sp³-hybridized carbons (Fsp3) is 0.214. The van der Waals surface area contributed by atoms with Crippen LogP contribution in [0.2, 0.25) is 5.02 Å². The molecule has 2 aromatic heterocycles. The number of aromatic nitrogens is 2. The number of piperidine rings is 1. The molecule has 194 valence electrons. The number of aromatic amines is 1. The Hall–Kier alpha value is -4.37. The van der Waals surface area contributed by atoms with Gasteiger partial charge in [0.05, 0.1) is 17.1 Å². The number of benzene rings is 2. The number of H-pyrrole nitrogens is 1. The van der Waals surface area contributed by atoms with Crippen LogP contribution in [0.5, 0.6) is 0 Å². The topological polar surface area (TPSA) is 116 Å². The number of likely N-dealkylation sites (tertiary alicyclic amines) is 1.